The quantitative estimate of drug-likeness (QED) is 0.608. The number of nitrogens with one attached hydrogen (secondary N) is 1. The molecule has 0 fully saturated rings. The lowest BCUT2D eigenvalue weighted by Crippen LogP contribution is -2.45. The van der Waals surface area contributed by atoms with Gasteiger partial charge >= 0.3 is 0 Å². The predicted molar refractivity (Wildman–Crippen MR) is 82.0 cm³/mol. The average molecular weight is 260 g/mol. The monoisotopic (exact) mass is 260 g/mol. The van der Waals surface area contributed by atoms with Crippen molar-refractivity contribution in [2.45, 2.75) is 52.6 Å². The van der Waals surface area contributed by atoms with Gasteiger partial charge in [0.25, 0.3) is 0 Å². The molecule has 0 radical (unpaired) electrons. The van der Waals surface area contributed by atoms with E-state index in [4.69, 9.17) is 0 Å². The van der Waals surface area contributed by atoms with Crippen molar-refractivity contribution < 1.29 is 0 Å². The maximum Gasteiger partial charge on any atom is 0.0183 e. The molecule has 0 rings (SSSR count). The molecule has 0 heterocycles. The summed E-state index contributed by atoms with van der Waals surface area (Å²) in [7, 11) is 2.28. The molecule has 0 amide bonds. The summed E-state index contributed by atoms with van der Waals surface area (Å²) in [6.07, 6.45) is 4.67. The van der Waals surface area contributed by atoms with Crippen molar-refractivity contribution in [3.05, 3.63) is 0 Å². The molecule has 1 N–H and O–H groups in total. The summed E-state index contributed by atoms with van der Waals surface area (Å²) < 4.78 is 0. The second-order valence-electron chi connectivity index (χ2n) is 5.10. The van der Waals surface area contributed by atoms with Gasteiger partial charge in [-0.3, -0.25) is 4.90 Å². The molecule has 0 aromatic carbocycles. The smallest absolute Gasteiger partial charge is 0.0183 e. The van der Waals surface area contributed by atoms with Crippen LogP contribution in [-0.2, 0) is 0 Å². The van der Waals surface area contributed by atoms with Gasteiger partial charge in [-0.05, 0) is 52.1 Å². The third-order valence-electron chi connectivity index (χ3n) is 3.77. The van der Waals surface area contributed by atoms with Gasteiger partial charge in [0.15, 0.2) is 0 Å². The standard InChI is InChI=1S/C14H32N2S/c1-7-9-15-10-12(3)13(4)16(5)14(8-2)11-17-6/h12-15H,7-11H2,1-6H3. The lowest BCUT2D eigenvalue weighted by Gasteiger charge is -2.36. The molecule has 3 heteroatoms. The van der Waals surface area contributed by atoms with Crippen LogP contribution in [0, 0.1) is 5.92 Å². The predicted octanol–water partition coefficient (Wildman–Crippen LogP) is 3.08. The molecule has 3 unspecified atom stereocenters. The average Bonchev–Trinajstić information content (AvgIpc) is 2.34. The minimum absolute atomic E-state index is 0.649. The molecule has 0 bridgehead atoms. The molecule has 0 aliphatic carbocycles. The topological polar surface area (TPSA) is 15.3 Å². The Morgan fingerprint density at radius 3 is 2.35 bits per heavy atom. The summed E-state index contributed by atoms with van der Waals surface area (Å²) in [5, 5.41) is 3.53. The molecule has 0 saturated carbocycles. The summed E-state index contributed by atoms with van der Waals surface area (Å²) in [6, 6.07) is 1.37. The highest BCUT2D eigenvalue weighted by Gasteiger charge is 2.22. The van der Waals surface area contributed by atoms with Crippen LogP contribution in [0.4, 0.5) is 0 Å². The Kier molecular flexibility index (Phi) is 10.4. The summed E-state index contributed by atoms with van der Waals surface area (Å²) >= 11 is 1.96. The van der Waals surface area contributed by atoms with Crippen LogP contribution in [0.5, 0.6) is 0 Å². The van der Waals surface area contributed by atoms with E-state index in [1.165, 1.54) is 18.6 Å². The summed E-state index contributed by atoms with van der Waals surface area (Å²) in [6.45, 7) is 11.5. The van der Waals surface area contributed by atoms with Crippen LogP contribution in [0.15, 0.2) is 0 Å². The van der Waals surface area contributed by atoms with Crippen LogP contribution < -0.4 is 5.32 Å². The normalized spacial score (nSPS) is 17.1. The molecular weight excluding hydrogens is 228 g/mol. The van der Waals surface area contributed by atoms with Crippen molar-refractivity contribution in [1.29, 1.82) is 0 Å². The molecular formula is C14H32N2S. The molecule has 0 saturated heterocycles. The number of rotatable bonds is 10. The van der Waals surface area contributed by atoms with E-state index < -0.39 is 0 Å². The molecule has 0 aromatic rings. The van der Waals surface area contributed by atoms with Crippen molar-refractivity contribution in [3.63, 3.8) is 0 Å². The number of nitrogens with zero attached hydrogens (tertiary/aromatic N) is 1. The van der Waals surface area contributed by atoms with Crippen LogP contribution >= 0.6 is 11.8 Å². The molecule has 0 aliphatic heterocycles. The minimum Gasteiger partial charge on any atom is -0.316 e. The van der Waals surface area contributed by atoms with Crippen molar-refractivity contribution in [3.8, 4) is 0 Å². The molecule has 2 nitrogen and oxygen atoms in total. The van der Waals surface area contributed by atoms with Crippen LogP contribution in [-0.4, -0.2) is 49.1 Å². The van der Waals surface area contributed by atoms with Crippen molar-refractivity contribution in [1.82, 2.24) is 10.2 Å². The van der Waals surface area contributed by atoms with Gasteiger partial charge in [-0.25, -0.2) is 0 Å². The molecule has 104 valence electrons. The largest absolute Gasteiger partial charge is 0.316 e. The first kappa shape index (κ1) is 17.3. The Balaban J connectivity index is 4.11. The molecule has 0 aromatic heterocycles. The first-order chi connectivity index (χ1) is 8.08. The van der Waals surface area contributed by atoms with E-state index in [2.05, 4.69) is 51.2 Å². The summed E-state index contributed by atoms with van der Waals surface area (Å²) in [5.74, 6) is 1.95. The third-order valence-corrected chi connectivity index (χ3v) is 4.48. The molecule has 17 heavy (non-hydrogen) atoms. The van der Waals surface area contributed by atoms with Gasteiger partial charge in [0.1, 0.15) is 0 Å². The van der Waals surface area contributed by atoms with Gasteiger partial charge < -0.3 is 5.32 Å². The van der Waals surface area contributed by atoms with Gasteiger partial charge in [-0.2, -0.15) is 11.8 Å². The van der Waals surface area contributed by atoms with Crippen molar-refractivity contribution in [2.24, 2.45) is 5.92 Å². The maximum absolute atomic E-state index is 3.53. The van der Waals surface area contributed by atoms with Gasteiger partial charge in [0.2, 0.25) is 0 Å². The summed E-state index contributed by atoms with van der Waals surface area (Å²) in [5.41, 5.74) is 0. The Morgan fingerprint density at radius 1 is 1.24 bits per heavy atom. The van der Waals surface area contributed by atoms with Crippen LogP contribution in [0.3, 0.4) is 0 Å². The van der Waals surface area contributed by atoms with E-state index in [-0.39, 0.29) is 0 Å². The number of thioether (sulfide) groups is 1. The second kappa shape index (κ2) is 10.2. The highest BCUT2D eigenvalue weighted by molar-refractivity contribution is 7.98. The number of hydrogen-bond donors (Lipinski definition) is 1. The molecule has 0 spiro atoms. The van der Waals surface area contributed by atoms with Crippen LogP contribution in [0.1, 0.15) is 40.5 Å². The SMILES string of the molecule is CCCNCC(C)C(C)N(C)C(CC)CSC. The Bertz CT molecular complexity index is 176. The Morgan fingerprint density at radius 2 is 1.88 bits per heavy atom. The second-order valence-corrected chi connectivity index (χ2v) is 6.02. The highest BCUT2D eigenvalue weighted by Crippen LogP contribution is 2.16. The van der Waals surface area contributed by atoms with Gasteiger partial charge in [0, 0.05) is 17.8 Å². The highest BCUT2D eigenvalue weighted by atomic mass is 32.2. The Labute approximate surface area is 113 Å². The lowest BCUT2D eigenvalue weighted by atomic mass is 10.0. The first-order valence-corrected chi connectivity index (χ1v) is 8.39. The Hall–Kier alpha value is 0.270. The fourth-order valence-corrected chi connectivity index (χ4v) is 2.98. The molecule has 3 atom stereocenters. The number of hydrogen-bond acceptors (Lipinski definition) is 3. The van der Waals surface area contributed by atoms with E-state index in [0.29, 0.717) is 18.0 Å². The molecule has 0 aliphatic rings. The van der Waals surface area contributed by atoms with Crippen molar-refractivity contribution in [2.75, 3.05) is 32.1 Å². The van der Waals surface area contributed by atoms with E-state index >= 15 is 0 Å². The zero-order valence-electron chi connectivity index (χ0n) is 12.6. The zero-order chi connectivity index (χ0) is 13.3. The fraction of sp³-hybridized carbons (Fsp3) is 1.00. The third kappa shape index (κ3) is 6.68. The van der Waals surface area contributed by atoms with Crippen LogP contribution in [0.25, 0.3) is 0 Å². The first-order valence-electron chi connectivity index (χ1n) is 6.99. The summed E-state index contributed by atoms with van der Waals surface area (Å²) in [4.78, 5) is 2.56. The van der Waals surface area contributed by atoms with E-state index in [1.807, 2.05) is 11.8 Å². The minimum atomic E-state index is 0.649. The van der Waals surface area contributed by atoms with Gasteiger partial charge in [-0.1, -0.05) is 20.8 Å². The fourth-order valence-electron chi connectivity index (χ4n) is 2.13. The lowest BCUT2D eigenvalue weighted by molar-refractivity contribution is 0.149. The maximum atomic E-state index is 3.53. The van der Waals surface area contributed by atoms with Crippen LogP contribution in [0.2, 0.25) is 0 Å². The van der Waals surface area contributed by atoms with Gasteiger partial charge in [-0.15, -0.1) is 0 Å². The van der Waals surface area contributed by atoms with Gasteiger partial charge in [0.05, 0.1) is 0 Å². The van der Waals surface area contributed by atoms with Crippen molar-refractivity contribution >= 4 is 11.8 Å². The van der Waals surface area contributed by atoms with E-state index in [0.717, 1.165) is 13.1 Å². The van der Waals surface area contributed by atoms with E-state index in [9.17, 15) is 0 Å². The zero-order valence-corrected chi connectivity index (χ0v) is 13.4. The van der Waals surface area contributed by atoms with E-state index in [1.54, 1.807) is 0 Å².